The number of carbonyl (C=O) groups is 1. The lowest BCUT2D eigenvalue weighted by Gasteiger charge is -2.14. The lowest BCUT2D eigenvalue weighted by Crippen LogP contribution is -2.27. The lowest BCUT2D eigenvalue weighted by molar-refractivity contribution is -0.116. The van der Waals surface area contributed by atoms with Gasteiger partial charge in [0.15, 0.2) is 5.15 Å². The van der Waals surface area contributed by atoms with Crippen LogP contribution in [0.4, 0.5) is 5.69 Å². The maximum Gasteiger partial charge on any atom is 0.238 e. The van der Waals surface area contributed by atoms with E-state index in [1.165, 1.54) is 0 Å². The SMILES string of the molecule is Cc1cnc(Cl)c(NC(=O)C(Br)C(C)C)c1. The van der Waals surface area contributed by atoms with Crippen LogP contribution in [0.5, 0.6) is 0 Å². The molecule has 1 N–H and O–H groups in total. The summed E-state index contributed by atoms with van der Waals surface area (Å²) in [5.41, 5.74) is 1.51. The summed E-state index contributed by atoms with van der Waals surface area (Å²) >= 11 is 9.22. The number of nitrogens with zero attached hydrogens (tertiary/aromatic N) is 1. The third-order valence-electron chi connectivity index (χ3n) is 2.07. The first kappa shape index (κ1) is 13.5. The number of aromatic nitrogens is 1. The molecule has 5 heteroatoms. The van der Waals surface area contributed by atoms with Crippen LogP contribution in [0.3, 0.4) is 0 Å². The molecule has 0 aromatic carbocycles. The molecule has 0 aliphatic carbocycles. The van der Waals surface area contributed by atoms with Crippen molar-refractivity contribution in [3.63, 3.8) is 0 Å². The fraction of sp³-hybridized carbons (Fsp3) is 0.455. The van der Waals surface area contributed by atoms with Crippen LogP contribution in [0.1, 0.15) is 19.4 Å². The van der Waals surface area contributed by atoms with Crippen molar-refractivity contribution in [3.05, 3.63) is 23.0 Å². The Morgan fingerprint density at radius 3 is 2.75 bits per heavy atom. The van der Waals surface area contributed by atoms with E-state index in [4.69, 9.17) is 11.6 Å². The van der Waals surface area contributed by atoms with Gasteiger partial charge in [-0.15, -0.1) is 0 Å². The Balaban J connectivity index is 2.80. The summed E-state index contributed by atoms with van der Waals surface area (Å²) in [5, 5.41) is 3.06. The number of hydrogen-bond acceptors (Lipinski definition) is 2. The van der Waals surface area contributed by atoms with Gasteiger partial charge in [0.1, 0.15) is 0 Å². The van der Waals surface area contributed by atoms with E-state index in [2.05, 4.69) is 26.2 Å². The summed E-state index contributed by atoms with van der Waals surface area (Å²) in [5.74, 6) is 0.112. The predicted octanol–water partition coefficient (Wildman–Crippen LogP) is 3.40. The van der Waals surface area contributed by atoms with Crippen LogP contribution in [0.2, 0.25) is 5.15 Å². The molecule has 0 saturated carbocycles. The smallest absolute Gasteiger partial charge is 0.238 e. The van der Waals surface area contributed by atoms with Gasteiger partial charge in [-0.2, -0.15) is 0 Å². The number of pyridine rings is 1. The summed E-state index contributed by atoms with van der Waals surface area (Å²) in [6.45, 7) is 5.83. The Hall–Kier alpha value is -0.610. The molecule has 1 amide bonds. The summed E-state index contributed by atoms with van der Waals surface area (Å²) in [4.78, 5) is 15.5. The molecular weight excluding hydrogens is 291 g/mol. The van der Waals surface area contributed by atoms with Crippen LogP contribution in [0.25, 0.3) is 0 Å². The molecule has 3 nitrogen and oxygen atoms in total. The first-order chi connectivity index (χ1) is 7.41. The molecule has 1 aromatic heterocycles. The summed E-state index contributed by atoms with van der Waals surface area (Å²) < 4.78 is 0. The number of rotatable bonds is 3. The Labute approximate surface area is 109 Å². The normalized spacial score (nSPS) is 12.6. The van der Waals surface area contributed by atoms with E-state index in [1.807, 2.05) is 20.8 Å². The largest absolute Gasteiger partial charge is 0.322 e. The molecule has 1 aromatic rings. The quantitative estimate of drug-likeness (QED) is 0.687. The highest BCUT2D eigenvalue weighted by Gasteiger charge is 2.19. The summed E-state index contributed by atoms with van der Waals surface area (Å²) in [6.07, 6.45) is 1.66. The summed E-state index contributed by atoms with van der Waals surface area (Å²) in [6, 6.07) is 1.80. The van der Waals surface area contributed by atoms with Gasteiger partial charge in [-0.25, -0.2) is 4.98 Å². The van der Waals surface area contributed by atoms with Crippen LogP contribution in [-0.2, 0) is 4.79 Å². The minimum absolute atomic E-state index is 0.107. The first-order valence-electron chi connectivity index (χ1n) is 4.99. The summed E-state index contributed by atoms with van der Waals surface area (Å²) in [7, 11) is 0. The lowest BCUT2D eigenvalue weighted by atomic mass is 10.1. The molecular formula is C11H14BrClN2O. The van der Waals surface area contributed by atoms with Crippen molar-refractivity contribution < 1.29 is 4.79 Å². The molecule has 0 aliphatic rings. The second-order valence-electron chi connectivity index (χ2n) is 3.99. The average molecular weight is 306 g/mol. The number of carbonyl (C=O) groups excluding carboxylic acids is 1. The third kappa shape index (κ3) is 3.46. The monoisotopic (exact) mass is 304 g/mol. The maximum atomic E-state index is 11.8. The predicted molar refractivity (Wildman–Crippen MR) is 70.2 cm³/mol. The average Bonchev–Trinajstić information content (AvgIpc) is 2.22. The molecule has 0 radical (unpaired) electrons. The van der Waals surface area contributed by atoms with Gasteiger partial charge < -0.3 is 5.32 Å². The van der Waals surface area contributed by atoms with Crippen molar-refractivity contribution in [1.29, 1.82) is 0 Å². The molecule has 1 rings (SSSR count). The van der Waals surface area contributed by atoms with E-state index in [1.54, 1.807) is 12.3 Å². The van der Waals surface area contributed by atoms with Crippen LogP contribution in [-0.4, -0.2) is 15.7 Å². The van der Waals surface area contributed by atoms with Gasteiger partial charge in [0.25, 0.3) is 0 Å². The third-order valence-corrected chi connectivity index (χ3v) is 3.84. The Morgan fingerprint density at radius 1 is 1.56 bits per heavy atom. The standard InChI is InChI=1S/C11H14BrClN2O/c1-6(2)9(12)11(16)15-8-4-7(3)5-14-10(8)13/h4-6,9H,1-3H3,(H,15,16). The highest BCUT2D eigenvalue weighted by atomic mass is 79.9. The molecule has 0 fully saturated rings. The molecule has 0 bridgehead atoms. The van der Waals surface area contributed by atoms with Crippen LogP contribution < -0.4 is 5.32 Å². The number of hydrogen-bond donors (Lipinski definition) is 1. The number of amides is 1. The fourth-order valence-electron chi connectivity index (χ4n) is 1.14. The second kappa shape index (κ2) is 5.64. The molecule has 0 saturated heterocycles. The molecule has 88 valence electrons. The van der Waals surface area contributed by atoms with Gasteiger partial charge in [0, 0.05) is 6.20 Å². The number of halogens is 2. The van der Waals surface area contributed by atoms with E-state index < -0.39 is 0 Å². The number of nitrogens with one attached hydrogen (secondary N) is 1. The highest BCUT2D eigenvalue weighted by Crippen LogP contribution is 2.22. The van der Waals surface area contributed by atoms with Gasteiger partial charge in [-0.3, -0.25) is 4.79 Å². The number of alkyl halides is 1. The molecule has 1 unspecified atom stereocenters. The van der Waals surface area contributed by atoms with Crippen LogP contribution in [0, 0.1) is 12.8 Å². The van der Waals surface area contributed by atoms with Crippen molar-refractivity contribution in [2.24, 2.45) is 5.92 Å². The number of anilines is 1. The fourth-order valence-corrected chi connectivity index (χ4v) is 1.41. The second-order valence-corrected chi connectivity index (χ2v) is 5.33. The van der Waals surface area contributed by atoms with Gasteiger partial charge in [-0.05, 0) is 24.5 Å². The minimum atomic E-state index is -0.232. The van der Waals surface area contributed by atoms with Crippen molar-refractivity contribution in [1.82, 2.24) is 4.98 Å². The maximum absolute atomic E-state index is 11.8. The van der Waals surface area contributed by atoms with E-state index in [0.717, 1.165) is 5.56 Å². The molecule has 0 spiro atoms. The zero-order valence-electron chi connectivity index (χ0n) is 9.42. The molecule has 0 aliphatic heterocycles. The zero-order valence-corrected chi connectivity index (χ0v) is 11.8. The van der Waals surface area contributed by atoms with E-state index in [0.29, 0.717) is 10.8 Å². The van der Waals surface area contributed by atoms with Gasteiger partial charge in [-0.1, -0.05) is 41.4 Å². The first-order valence-corrected chi connectivity index (χ1v) is 6.28. The van der Waals surface area contributed by atoms with Crippen molar-refractivity contribution in [2.75, 3.05) is 5.32 Å². The Kier molecular flexibility index (Phi) is 4.74. The molecule has 1 heterocycles. The van der Waals surface area contributed by atoms with E-state index >= 15 is 0 Å². The minimum Gasteiger partial charge on any atom is -0.322 e. The topological polar surface area (TPSA) is 42.0 Å². The number of aryl methyl sites for hydroxylation is 1. The van der Waals surface area contributed by atoms with E-state index in [9.17, 15) is 4.79 Å². The van der Waals surface area contributed by atoms with E-state index in [-0.39, 0.29) is 16.7 Å². The Bertz CT molecular complexity index is 396. The van der Waals surface area contributed by atoms with Crippen molar-refractivity contribution in [2.45, 2.75) is 25.6 Å². The van der Waals surface area contributed by atoms with Crippen LogP contribution in [0.15, 0.2) is 12.3 Å². The van der Waals surface area contributed by atoms with Gasteiger partial charge in [0.05, 0.1) is 10.5 Å². The van der Waals surface area contributed by atoms with Crippen molar-refractivity contribution in [3.8, 4) is 0 Å². The molecule has 1 atom stereocenters. The zero-order chi connectivity index (χ0) is 12.3. The highest BCUT2D eigenvalue weighted by molar-refractivity contribution is 9.10. The van der Waals surface area contributed by atoms with Crippen molar-refractivity contribution >= 4 is 39.1 Å². The van der Waals surface area contributed by atoms with Gasteiger partial charge in [0.2, 0.25) is 5.91 Å². The van der Waals surface area contributed by atoms with Gasteiger partial charge >= 0.3 is 0 Å². The Morgan fingerprint density at radius 2 is 2.19 bits per heavy atom. The molecule has 16 heavy (non-hydrogen) atoms. The van der Waals surface area contributed by atoms with Crippen LogP contribution >= 0.6 is 27.5 Å².